The van der Waals surface area contributed by atoms with Crippen molar-refractivity contribution in [2.75, 3.05) is 26.9 Å². The van der Waals surface area contributed by atoms with E-state index in [1.165, 1.54) is 12.7 Å². The zero-order chi connectivity index (χ0) is 15.5. The van der Waals surface area contributed by atoms with E-state index in [0.29, 0.717) is 39.0 Å². The number of amides is 1. The molecule has 5 nitrogen and oxygen atoms in total. The van der Waals surface area contributed by atoms with Gasteiger partial charge in [-0.25, -0.2) is 0 Å². The lowest BCUT2D eigenvalue weighted by Gasteiger charge is -2.10. The van der Waals surface area contributed by atoms with E-state index in [9.17, 15) is 9.90 Å². The maximum absolute atomic E-state index is 11.6. The first-order valence-corrected chi connectivity index (χ1v) is 7.25. The number of aliphatic hydroxyl groups is 1. The fraction of sp³-hybridized carbons (Fsp3) is 0.562. The molecule has 0 aliphatic carbocycles. The minimum absolute atomic E-state index is 0.0212. The number of hydrogen-bond donors (Lipinski definition) is 2. The largest absolute Gasteiger partial charge is 0.494 e. The Kier molecular flexibility index (Phi) is 8.47. The van der Waals surface area contributed by atoms with Gasteiger partial charge in [-0.2, -0.15) is 0 Å². The third-order valence-electron chi connectivity index (χ3n) is 3.00. The molecule has 0 saturated carbocycles. The van der Waals surface area contributed by atoms with E-state index in [4.69, 9.17) is 9.47 Å². The molecular weight excluding hydrogens is 270 g/mol. The smallest absolute Gasteiger partial charge is 0.220 e. The van der Waals surface area contributed by atoms with Gasteiger partial charge in [-0.15, -0.1) is 0 Å². The summed E-state index contributed by atoms with van der Waals surface area (Å²) < 4.78 is 10.4. The highest BCUT2D eigenvalue weighted by Crippen LogP contribution is 2.11. The monoisotopic (exact) mass is 295 g/mol. The van der Waals surface area contributed by atoms with E-state index in [1.807, 2.05) is 31.2 Å². The molecule has 118 valence electrons. The zero-order valence-electron chi connectivity index (χ0n) is 12.8. The van der Waals surface area contributed by atoms with Crippen LogP contribution in [0, 0.1) is 6.92 Å². The first kappa shape index (κ1) is 17.5. The van der Waals surface area contributed by atoms with Crippen LogP contribution in [0.15, 0.2) is 24.3 Å². The van der Waals surface area contributed by atoms with Gasteiger partial charge in [-0.1, -0.05) is 17.7 Å². The van der Waals surface area contributed by atoms with Gasteiger partial charge >= 0.3 is 0 Å². The number of hydrogen-bond acceptors (Lipinski definition) is 4. The second-order valence-electron chi connectivity index (χ2n) is 5.01. The number of carbonyl (C=O) groups excluding carboxylic acids is 1. The lowest BCUT2D eigenvalue weighted by molar-refractivity contribution is -0.121. The molecule has 0 aliphatic rings. The van der Waals surface area contributed by atoms with Gasteiger partial charge in [0.2, 0.25) is 5.91 Å². The van der Waals surface area contributed by atoms with Crippen LogP contribution >= 0.6 is 0 Å². The highest BCUT2D eigenvalue weighted by Gasteiger charge is 2.05. The molecule has 1 rings (SSSR count). The third kappa shape index (κ3) is 8.32. The highest BCUT2D eigenvalue weighted by molar-refractivity contribution is 5.75. The number of ether oxygens (including phenoxy) is 2. The first-order valence-electron chi connectivity index (χ1n) is 7.25. The Balaban J connectivity index is 2.04. The molecule has 21 heavy (non-hydrogen) atoms. The van der Waals surface area contributed by atoms with Crippen LogP contribution in [0.3, 0.4) is 0 Å². The second-order valence-corrected chi connectivity index (χ2v) is 5.01. The Morgan fingerprint density at radius 3 is 2.71 bits per heavy atom. The van der Waals surface area contributed by atoms with Crippen LogP contribution in [0.2, 0.25) is 0 Å². The predicted octanol–water partition coefficient (Wildman–Crippen LogP) is 1.67. The Morgan fingerprint density at radius 1 is 1.33 bits per heavy atom. The molecule has 1 amide bonds. The number of aliphatic hydroxyl groups excluding tert-OH is 1. The van der Waals surface area contributed by atoms with E-state index >= 15 is 0 Å². The zero-order valence-corrected chi connectivity index (χ0v) is 12.8. The van der Waals surface area contributed by atoms with Gasteiger partial charge in [0.25, 0.3) is 0 Å². The number of nitrogens with one attached hydrogen (secondary N) is 1. The maximum atomic E-state index is 11.6. The molecule has 0 radical (unpaired) electrons. The van der Waals surface area contributed by atoms with Crippen molar-refractivity contribution >= 4 is 5.91 Å². The molecule has 1 aromatic rings. The van der Waals surface area contributed by atoms with Crippen LogP contribution < -0.4 is 10.1 Å². The quantitative estimate of drug-likeness (QED) is 0.644. The molecule has 5 heteroatoms. The van der Waals surface area contributed by atoms with Crippen LogP contribution in [0.1, 0.15) is 24.8 Å². The summed E-state index contributed by atoms with van der Waals surface area (Å²) in [6.07, 6.45) is 1.06. The number of benzene rings is 1. The van der Waals surface area contributed by atoms with E-state index in [2.05, 4.69) is 5.32 Å². The molecule has 0 aliphatic heterocycles. The van der Waals surface area contributed by atoms with Gasteiger partial charge < -0.3 is 19.9 Å². The van der Waals surface area contributed by atoms with Crippen molar-refractivity contribution in [3.63, 3.8) is 0 Å². The maximum Gasteiger partial charge on any atom is 0.220 e. The van der Waals surface area contributed by atoms with Crippen molar-refractivity contribution in [2.24, 2.45) is 0 Å². The van der Waals surface area contributed by atoms with Crippen LogP contribution in [0.5, 0.6) is 5.75 Å². The van der Waals surface area contributed by atoms with Gasteiger partial charge in [0.1, 0.15) is 5.75 Å². The van der Waals surface area contributed by atoms with Crippen molar-refractivity contribution in [1.82, 2.24) is 5.32 Å². The topological polar surface area (TPSA) is 67.8 Å². The molecule has 1 aromatic carbocycles. The molecule has 0 fully saturated rings. The van der Waals surface area contributed by atoms with Crippen LogP contribution in [-0.2, 0) is 9.53 Å². The Bertz CT molecular complexity index is 405. The van der Waals surface area contributed by atoms with Gasteiger partial charge in [0.15, 0.2) is 0 Å². The molecule has 0 aromatic heterocycles. The summed E-state index contributed by atoms with van der Waals surface area (Å²) in [7, 11) is 1.54. The minimum atomic E-state index is -0.528. The van der Waals surface area contributed by atoms with Crippen LogP contribution in [0.4, 0.5) is 0 Å². The van der Waals surface area contributed by atoms with Gasteiger partial charge in [0, 0.05) is 20.1 Å². The molecule has 0 heterocycles. The second kappa shape index (κ2) is 10.2. The number of carbonyl (C=O) groups is 1. The standard InChI is InChI=1S/C16H25NO4/c1-13-5-7-15(8-6-13)21-11-3-4-16(19)17-10-9-14(18)12-20-2/h5-8,14,18H,3-4,9-12H2,1-2H3,(H,17,19). The summed E-state index contributed by atoms with van der Waals surface area (Å²) in [5.74, 6) is 0.802. The molecule has 1 atom stereocenters. The summed E-state index contributed by atoms with van der Waals surface area (Å²) >= 11 is 0. The number of methoxy groups -OCH3 is 1. The third-order valence-corrected chi connectivity index (χ3v) is 3.00. The fourth-order valence-electron chi connectivity index (χ4n) is 1.80. The van der Waals surface area contributed by atoms with Gasteiger partial charge in [-0.05, 0) is 31.9 Å². The van der Waals surface area contributed by atoms with Gasteiger partial charge in [0.05, 0.1) is 19.3 Å². The summed E-state index contributed by atoms with van der Waals surface area (Å²) in [5, 5.41) is 12.2. The lowest BCUT2D eigenvalue weighted by atomic mass is 10.2. The lowest BCUT2D eigenvalue weighted by Crippen LogP contribution is -2.28. The van der Waals surface area contributed by atoms with E-state index < -0.39 is 6.10 Å². The van der Waals surface area contributed by atoms with Crippen molar-refractivity contribution in [1.29, 1.82) is 0 Å². The van der Waals surface area contributed by atoms with E-state index in [0.717, 1.165) is 5.75 Å². The average molecular weight is 295 g/mol. The average Bonchev–Trinajstić information content (AvgIpc) is 2.46. The Hall–Kier alpha value is -1.59. The molecule has 1 unspecified atom stereocenters. The van der Waals surface area contributed by atoms with Crippen molar-refractivity contribution < 1.29 is 19.4 Å². The predicted molar refractivity (Wildman–Crippen MR) is 81.4 cm³/mol. The molecule has 0 saturated heterocycles. The Morgan fingerprint density at radius 2 is 2.05 bits per heavy atom. The number of aryl methyl sites for hydroxylation is 1. The Labute approximate surface area is 126 Å². The molecule has 0 spiro atoms. The van der Waals surface area contributed by atoms with Crippen LogP contribution in [0.25, 0.3) is 0 Å². The molecule has 0 bridgehead atoms. The molecule has 2 N–H and O–H groups in total. The SMILES string of the molecule is COCC(O)CCNC(=O)CCCOc1ccc(C)cc1. The number of rotatable bonds is 10. The minimum Gasteiger partial charge on any atom is -0.494 e. The summed E-state index contributed by atoms with van der Waals surface area (Å²) in [6, 6.07) is 7.83. The normalized spacial score (nSPS) is 12.0. The summed E-state index contributed by atoms with van der Waals surface area (Å²) in [6.45, 7) is 3.29. The van der Waals surface area contributed by atoms with Gasteiger partial charge in [-0.3, -0.25) is 4.79 Å². The summed E-state index contributed by atoms with van der Waals surface area (Å²) in [5.41, 5.74) is 1.19. The molecular formula is C16H25NO4. The van der Waals surface area contributed by atoms with E-state index in [-0.39, 0.29) is 5.91 Å². The van der Waals surface area contributed by atoms with E-state index in [1.54, 1.807) is 0 Å². The summed E-state index contributed by atoms with van der Waals surface area (Å²) in [4.78, 5) is 11.6. The fourth-order valence-corrected chi connectivity index (χ4v) is 1.80. The van der Waals surface area contributed by atoms with Crippen LogP contribution in [-0.4, -0.2) is 44.0 Å². The first-order chi connectivity index (χ1) is 10.1. The van der Waals surface area contributed by atoms with Crippen molar-refractivity contribution in [3.05, 3.63) is 29.8 Å². The highest BCUT2D eigenvalue weighted by atomic mass is 16.5. The van der Waals surface area contributed by atoms with Crippen molar-refractivity contribution in [2.45, 2.75) is 32.3 Å². The van der Waals surface area contributed by atoms with Crippen molar-refractivity contribution in [3.8, 4) is 5.75 Å².